The van der Waals surface area contributed by atoms with Gasteiger partial charge in [0.15, 0.2) is 0 Å². The van der Waals surface area contributed by atoms with Crippen molar-refractivity contribution < 1.29 is 0 Å². The zero-order valence-electron chi connectivity index (χ0n) is 12.4. The van der Waals surface area contributed by atoms with Crippen LogP contribution in [0.3, 0.4) is 0 Å². The zero-order valence-corrected chi connectivity index (χ0v) is 13.3. The summed E-state index contributed by atoms with van der Waals surface area (Å²) in [5, 5.41) is 0. The standard InChI is InChI=1S/C19H24N.ClH/c20-19(18-14-8-4-9-15-18)16-10-2-1-5-11-17-12-6-3-7-13-17;/h2-4,6-9,12-15,19H,1,5,10-11,16,20H2;1H. The number of unbranched alkanes of at least 4 members (excludes halogenated alkanes) is 3. The van der Waals surface area contributed by atoms with Crippen LogP contribution in [0.15, 0.2) is 60.7 Å². The van der Waals surface area contributed by atoms with E-state index in [2.05, 4.69) is 61.0 Å². The van der Waals surface area contributed by atoms with Crippen molar-refractivity contribution >= 4 is 12.4 Å². The van der Waals surface area contributed by atoms with Crippen LogP contribution >= 0.6 is 12.4 Å². The lowest BCUT2D eigenvalue weighted by Gasteiger charge is -2.11. The lowest BCUT2D eigenvalue weighted by molar-refractivity contribution is 0.626. The molecule has 1 radical (unpaired) electrons. The first kappa shape index (κ1) is 17.7. The molecule has 2 aromatic rings. The molecule has 0 aromatic heterocycles. The van der Waals surface area contributed by atoms with Crippen molar-refractivity contribution in [3.8, 4) is 0 Å². The van der Waals surface area contributed by atoms with Crippen molar-refractivity contribution in [1.82, 2.24) is 0 Å². The Morgan fingerprint density at radius 2 is 1.48 bits per heavy atom. The Bertz CT molecular complexity index is 469. The van der Waals surface area contributed by atoms with Crippen molar-refractivity contribution in [1.29, 1.82) is 0 Å². The first-order valence-electron chi connectivity index (χ1n) is 7.52. The molecule has 0 aliphatic heterocycles. The molecule has 0 spiro atoms. The highest BCUT2D eigenvalue weighted by Crippen LogP contribution is 2.17. The van der Waals surface area contributed by atoms with Crippen molar-refractivity contribution in [2.24, 2.45) is 5.73 Å². The van der Waals surface area contributed by atoms with Gasteiger partial charge in [0.25, 0.3) is 0 Å². The molecule has 0 amide bonds. The van der Waals surface area contributed by atoms with Gasteiger partial charge in [-0.2, -0.15) is 0 Å². The van der Waals surface area contributed by atoms with Crippen LogP contribution in [-0.4, -0.2) is 0 Å². The number of benzene rings is 2. The Kier molecular flexibility index (Phi) is 8.80. The predicted octanol–water partition coefficient (Wildman–Crippen LogP) is 5.12. The third-order valence-corrected chi connectivity index (χ3v) is 3.63. The summed E-state index contributed by atoms with van der Waals surface area (Å²) in [4.78, 5) is 0. The molecule has 0 aliphatic carbocycles. The van der Waals surface area contributed by atoms with Crippen LogP contribution < -0.4 is 5.73 Å². The fourth-order valence-electron chi connectivity index (χ4n) is 2.40. The third-order valence-electron chi connectivity index (χ3n) is 3.63. The van der Waals surface area contributed by atoms with Crippen LogP contribution in [0.4, 0.5) is 0 Å². The first-order valence-corrected chi connectivity index (χ1v) is 7.52. The van der Waals surface area contributed by atoms with E-state index in [9.17, 15) is 0 Å². The van der Waals surface area contributed by atoms with Gasteiger partial charge in [-0.05, 0) is 49.7 Å². The second-order valence-corrected chi connectivity index (χ2v) is 5.26. The fraction of sp³-hybridized carbons (Fsp3) is 0.316. The molecule has 1 nitrogen and oxygen atoms in total. The quantitative estimate of drug-likeness (QED) is 0.673. The summed E-state index contributed by atoms with van der Waals surface area (Å²) >= 11 is 0. The Morgan fingerprint density at radius 3 is 2.14 bits per heavy atom. The van der Waals surface area contributed by atoms with Gasteiger partial charge < -0.3 is 5.73 Å². The number of aryl methyl sites for hydroxylation is 1. The van der Waals surface area contributed by atoms with Crippen LogP contribution in [0, 0.1) is 6.42 Å². The number of halogens is 1. The van der Waals surface area contributed by atoms with E-state index in [1.54, 1.807) is 0 Å². The molecular formula is C19H25ClN. The SMILES string of the molecule is Cl.NC(CC[CH]CCCc1ccccc1)c1ccccc1. The molecule has 113 valence electrons. The highest BCUT2D eigenvalue weighted by molar-refractivity contribution is 5.85. The summed E-state index contributed by atoms with van der Waals surface area (Å²) in [5.41, 5.74) is 8.85. The number of hydrogen-bond donors (Lipinski definition) is 1. The monoisotopic (exact) mass is 302 g/mol. The van der Waals surface area contributed by atoms with Gasteiger partial charge in [0.2, 0.25) is 0 Å². The zero-order chi connectivity index (χ0) is 14.0. The summed E-state index contributed by atoms with van der Waals surface area (Å²) in [6.07, 6.45) is 8.09. The van der Waals surface area contributed by atoms with E-state index in [1.165, 1.54) is 30.4 Å². The predicted molar refractivity (Wildman–Crippen MR) is 93.5 cm³/mol. The second-order valence-electron chi connectivity index (χ2n) is 5.26. The van der Waals surface area contributed by atoms with Gasteiger partial charge in [-0.1, -0.05) is 60.7 Å². The summed E-state index contributed by atoms with van der Waals surface area (Å²) in [5.74, 6) is 0. The van der Waals surface area contributed by atoms with Gasteiger partial charge in [-0.25, -0.2) is 0 Å². The van der Waals surface area contributed by atoms with E-state index in [1.807, 2.05) is 6.07 Å². The van der Waals surface area contributed by atoms with Crippen molar-refractivity contribution in [2.75, 3.05) is 0 Å². The molecule has 21 heavy (non-hydrogen) atoms. The minimum Gasteiger partial charge on any atom is -0.324 e. The van der Waals surface area contributed by atoms with Crippen molar-refractivity contribution in [2.45, 2.75) is 38.1 Å². The molecule has 0 saturated carbocycles. The van der Waals surface area contributed by atoms with E-state index >= 15 is 0 Å². The molecule has 2 rings (SSSR count). The highest BCUT2D eigenvalue weighted by atomic mass is 35.5. The molecule has 0 bridgehead atoms. The van der Waals surface area contributed by atoms with Crippen LogP contribution in [0.5, 0.6) is 0 Å². The van der Waals surface area contributed by atoms with Crippen LogP contribution in [0.2, 0.25) is 0 Å². The molecule has 0 fully saturated rings. The maximum Gasteiger partial charge on any atom is 0.0294 e. The van der Waals surface area contributed by atoms with E-state index in [0.717, 1.165) is 12.8 Å². The van der Waals surface area contributed by atoms with Gasteiger partial charge in [0, 0.05) is 6.04 Å². The topological polar surface area (TPSA) is 26.0 Å². The summed E-state index contributed by atoms with van der Waals surface area (Å²) in [7, 11) is 0. The number of nitrogens with two attached hydrogens (primary N) is 1. The lowest BCUT2D eigenvalue weighted by Crippen LogP contribution is -2.09. The van der Waals surface area contributed by atoms with E-state index in [0.29, 0.717) is 0 Å². The van der Waals surface area contributed by atoms with Crippen molar-refractivity contribution in [3.05, 3.63) is 78.2 Å². The normalized spacial score (nSPS) is 11.7. The number of rotatable bonds is 8. The molecule has 1 unspecified atom stereocenters. The van der Waals surface area contributed by atoms with E-state index < -0.39 is 0 Å². The summed E-state index contributed by atoms with van der Waals surface area (Å²) in [6, 6.07) is 21.2. The third kappa shape index (κ3) is 6.79. The van der Waals surface area contributed by atoms with Gasteiger partial charge in [0.05, 0.1) is 0 Å². The molecule has 0 heterocycles. The number of hydrogen-bond acceptors (Lipinski definition) is 1. The minimum absolute atomic E-state index is 0. The van der Waals surface area contributed by atoms with E-state index in [-0.39, 0.29) is 18.4 Å². The Labute approximate surface area is 135 Å². The molecule has 1 atom stereocenters. The fourth-order valence-corrected chi connectivity index (χ4v) is 2.40. The van der Waals surface area contributed by atoms with Crippen LogP contribution in [0.1, 0.15) is 42.9 Å². The Balaban J connectivity index is 0.00000220. The maximum absolute atomic E-state index is 6.18. The summed E-state index contributed by atoms with van der Waals surface area (Å²) in [6.45, 7) is 0. The Morgan fingerprint density at radius 1 is 0.857 bits per heavy atom. The van der Waals surface area contributed by atoms with Gasteiger partial charge in [0.1, 0.15) is 0 Å². The maximum atomic E-state index is 6.18. The summed E-state index contributed by atoms with van der Waals surface area (Å²) < 4.78 is 0. The smallest absolute Gasteiger partial charge is 0.0294 e. The first-order chi connectivity index (χ1) is 9.86. The second kappa shape index (κ2) is 10.4. The van der Waals surface area contributed by atoms with Gasteiger partial charge in [-0.15, -0.1) is 12.4 Å². The minimum atomic E-state index is 0. The Hall–Kier alpha value is -1.31. The van der Waals surface area contributed by atoms with Crippen molar-refractivity contribution in [3.63, 3.8) is 0 Å². The van der Waals surface area contributed by atoms with Gasteiger partial charge >= 0.3 is 0 Å². The molecule has 2 aromatic carbocycles. The van der Waals surface area contributed by atoms with Gasteiger partial charge in [-0.3, -0.25) is 0 Å². The molecule has 2 N–H and O–H groups in total. The average Bonchev–Trinajstić information content (AvgIpc) is 2.52. The largest absolute Gasteiger partial charge is 0.324 e. The molecular weight excluding hydrogens is 278 g/mol. The van der Waals surface area contributed by atoms with Crippen LogP contribution in [0.25, 0.3) is 0 Å². The lowest BCUT2D eigenvalue weighted by atomic mass is 10.00. The molecule has 0 aliphatic rings. The van der Waals surface area contributed by atoms with Crippen LogP contribution in [-0.2, 0) is 6.42 Å². The molecule has 2 heteroatoms. The van der Waals surface area contributed by atoms with E-state index in [4.69, 9.17) is 5.73 Å². The average molecular weight is 303 g/mol. The molecule has 0 saturated heterocycles. The highest BCUT2D eigenvalue weighted by Gasteiger charge is 2.04.